The molecule has 0 bridgehead atoms. The number of hydrogen-bond donors (Lipinski definition) is 0. The molecule has 5 unspecified atom stereocenters. The molecular formula is C34H41N2S4+. The summed E-state index contributed by atoms with van der Waals surface area (Å²) in [6.07, 6.45) is 20.9. The molecule has 0 radical (unpaired) electrons. The smallest absolute Gasteiger partial charge is 0.263 e. The second-order valence-electron chi connectivity index (χ2n) is 12.4. The normalized spacial score (nSPS) is 33.2. The van der Waals surface area contributed by atoms with Crippen LogP contribution in [0.2, 0.25) is 0 Å². The highest BCUT2D eigenvalue weighted by atomic mass is 32.2. The lowest BCUT2D eigenvalue weighted by molar-refractivity contribution is -0.665. The Hall–Kier alpha value is -1.08. The minimum absolute atomic E-state index is 0.748. The Balaban J connectivity index is 1.09. The molecule has 4 heterocycles. The fourth-order valence-electron chi connectivity index (χ4n) is 8.41. The first-order valence-corrected chi connectivity index (χ1v) is 19.4. The maximum Gasteiger partial charge on any atom is 0.263 e. The predicted molar refractivity (Wildman–Crippen MR) is 177 cm³/mol. The van der Waals surface area contributed by atoms with Gasteiger partial charge < -0.3 is 4.90 Å². The van der Waals surface area contributed by atoms with Gasteiger partial charge in [0.25, 0.3) is 5.01 Å². The zero-order valence-corrected chi connectivity index (χ0v) is 27.1. The fraction of sp³-hybridized carbons (Fsp3) is 0.559. The summed E-state index contributed by atoms with van der Waals surface area (Å²) in [5, 5.41) is 4.75. The number of rotatable bonds is 4. The third-order valence-corrected chi connectivity index (χ3v) is 15.4. The van der Waals surface area contributed by atoms with E-state index in [-0.39, 0.29) is 0 Å². The summed E-state index contributed by atoms with van der Waals surface area (Å²) in [6.45, 7) is 6.91. The van der Waals surface area contributed by atoms with Crippen LogP contribution in [0, 0.1) is 11.8 Å². The number of allylic oxidation sites excluding steroid dienone is 6. The Kier molecular flexibility index (Phi) is 7.22. The lowest BCUT2D eigenvalue weighted by Gasteiger charge is -2.39. The number of fused-ring (bicyclic) bond motifs is 7. The van der Waals surface area contributed by atoms with Gasteiger partial charge >= 0.3 is 0 Å². The van der Waals surface area contributed by atoms with E-state index in [1.54, 1.807) is 21.7 Å². The topological polar surface area (TPSA) is 7.12 Å². The van der Waals surface area contributed by atoms with Crippen molar-refractivity contribution in [1.29, 1.82) is 0 Å². The Morgan fingerprint density at radius 3 is 2.75 bits per heavy atom. The van der Waals surface area contributed by atoms with E-state index >= 15 is 0 Å². The van der Waals surface area contributed by atoms with Crippen LogP contribution in [0.25, 0.3) is 16.3 Å². The van der Waals surface area contributed by atoms with E-state index in [9.17, 15) is 0 Å². The predicted octanol–water partition coefficient (Wildman–Crippen LogP) is 8.86. The van der Waals surface area contributed by atoms with E-state index in [2.05, 4.69) is 83.3 Å². The van der Waals surface area contributed by atoms with Gasteiger partial charge in [-0.25, -0.2) is 0 Å². The molecular weight excluding hydrogens is 565 g/mol. The van der Waals surface area contributed by atoms with Gasteiger partial charge in [0.1, 0.15) is 11.2 Å². The van der Waals surface area contributed by atoms with E-state index in [1.165, 1.54) is 88.6 Å². The monoisotopic (exact) mass is 605 g/mol. The molecule has 3 aliphatic carbocycles. The highest BCUT2D eigenvalue weighted by molar-refractivity contribution is 8.04. The molecule has 0 amide bonds. The molecule has 6 aliphatic rings. The van der Waals surface area contributed by atoms with Gasteiger partial charge in [0.05, 0.1) is 5.03 Å². The SMILES string of the molecule is CCN1/C(=C/C2=CC3=C/C(=C/c4sc5ccc6c(c5[n+]4CC)CCS6)CCC3CC2)SC2CCC3SCCC3C21. The van der Waals surface area contributed by atoms with Crippen molar-refractivity contribution >= 4 is 62.9 Å². The van der Waals surface area contributed by atoms with Crippen LogP contribution in [0.3, 0.4) is 0 Å². The lowest BCUT2D eigenvalue weighted by Crippen LogP contribution is -2.46. The van der Waals surface area contributed by atoms with Gasteiger partial charge in [-0.2, -0.15) is 16.3 Å². The molecule has 2 saturated heterocycles. The molecule has 1 aromatic carbocycles. The van der Waals surface area contributed by atoms with Crippen molar-refractivity contribution in [3.8, 4) is 0 Å². The van der Waals surface area contributed by atoms with Gasteiger partial charge in [-0.15, -0.1) is 23.5 Å². The molecule has 210 valence electrons. The summed E-state index contributed by atoms with van der Waals surface area (Å²) in [4.78, 5) is 4.32. The Labute approximate surface area is 256 Å². The van der Waals surface area contributed by atoms with Crippen LogP contribution in [0.15, 0.2) is 57.0 Å². The van der Waals surface area contributed by atoms with Crippen molar-refractivity contribution in [3.63, 3.8) is 0 Å². The molecule has 1 saturated carbocycles. The van der Waals surface area contributed by atoms with Gasteiger partial charge in [0.15, 0.2) is 0 Å². The van der Waals surface area contributed by atoms with Gasteiger partial charge in [-0.05, 0) is 118 Å². The second-order valence-corrected chi connectivity index (χ2v) is 17.2. The first-order chi connectivity index (χ1) is 19.7. The van der Waals surface area contributed by atoms with Crippen LogP contribution in [0.1, 0.15) is 69.4 Å². The van der Waals surface area contributed by atoms with Crippen LogP contribution < -0.4 is 4.57 Å². The molecule has 2 aromatic rings. The van der Waals surface area contributed by atoms with Gasteiger partial charge in [-0.3, -0.25) is 0 Å². The Bertz CT molecular complexity index is 1460. The van der Waals surface area contributed by atoms with Gasteiger partial charge in [0, 0.05) is 45.4 Å². The van der Waals surface area contributed by atoms with Crippen LogP contribution in [-0.4, -0.2) is 39.5 Å². The van der Waals surface area contributed by atoms with E-state index in [4.69, 9.17) is 0 Å². The summed E-state index contributed by atoms with van der Waals surface area (Å²) >= 11 is 8.51. The van der Waals surface area contributed by atoms with Crippen LogP contribution in [0.4, 0.5) is 0 Å². The van der Waals surface area contributed by atoms with Crippen LogP contribution in [0.5, 0.6) is 0 Å². The average Bonchev–Trinajstić information content (AvgIpc) is 3.76. The van der Waals surface area contributed by atoms with E-state index < -0.39 is 0 Å². The highest BCUT2D eigenvalue weighted by Gasteiger charge is 2.49. The maximum atomic E-state index is 2.81. The van der Waals surface area contributed by atoms with Gasteiger partial charge in [-0.1, -0.05) is 23.5 Å². The minimum atomic E-state index is 0.748. The zero-order valence-electron chi connectivity index (χ0n) is 23.9. The molecule has 3 fully saturated rings. The van der Waals surface area contributed by atoms with Crippen molar-refractivity contribution in [2.75, 3.05) is 18.1 Å². The van der Waals surface area contributed by atoms with E-state index in [0.717, 1.165) is 41.5 Å². The summed E-state index contributed by atoms with van der Waals surface area (Å²) < 4.78 is 4.05. The number of aromatic nitrogens is 1. The summed E-state index contributed by atoms with van der Waals surface area (Å²) in [7, 11) is 0. The molecule has 0 N–H and O–H groups in total. The van der Waals surface area contributed by atoms with Crippen molar-refractivity contribution < 1.29 is 4.57 Å². The summed E-state index contributed by atoms with van der Waals surface area (Å²) in [5.41, 5.74) is 7.78. The summed E-state index contributed by atoms with van der Waals surface area (Å²) in [6, 6.07) is 5.51. The Morgan fingerprint density at radius 2 is 1.85 bits per heavy atom. The first-order valence-electron chi connectivity index (χ1n) is 15.7. The highest BCUT2D eigenvalue weighted by Crippen LogP contribution is 2.54. The molecule has 8 rings (SSSR count). The quantitative estimate of drug-likeness (QED) is 0.321. The third kappa shape index (κ3) is 4.50. The number of benzene rings is 1. The standard InChI is InChI=1S/C34H41N2S4/c1-3-35-31(39-29-11-9-27-25(33(29)35)13-15-37-27)19-21-5-7-23-8-6-22(18-24(23)17-21)20-32-36(4-2)34-26-14-16-38-28(26)10-12-30(34)40-32/h9,11,17-20,23,26,28,30,34H,3-8,10,12-16H2,1-2H3/q+1. The van der Waals surface area contributed by atoms with E-state index in [0.29, 0.717) is 0 Å². The largest absolute Gasteiger partial charge is 0.362 e. The lowest BCUT2D eigenvalue weighted by atomic mass is 9.77. The molecule has 3 aliphatic heterocycles. The number of hydrogen-bond acceptors (Lipinski definition) is 5. The number of thiazole rings is 1. The molecule has 2 nitrogen and oxygen atoms in total. The third-order valence-electron chi connectivity index (χ3n) is 10.3. The molecule has 6 heteroatoms. The second kappa shape index (κ2) is 10.9. The molecule has 1 aromatic heterocycles. The number of nitrogens with zero attached hydrogens (tertiary/aromatic N) is 2. The van der Waals surface area contributed by atoms with Crippen LogP contribution >= 0.6 is 46.6 Å². The molecule has 5 atom stereocenters. The van der Waals surface area contributed by atoms with Gasteiger partial charge in [0.2, 0.25) is 5.52 Å². The number of aryl methyl sites for hydroxylation is 2. The zero-order chi connectivity index (χ0) is 26.8. The summed E-state index contributed by atoms with van der Waals surface area (Å²) in [5.74, 6) is 4.29. The van der Waals surface area contributed by atoms with E-state index in [1.807, 2.05) is 23.1 Å². The fourth-order valence-corrected chi connectivity index (χ4v) is 13.9. The van der Waals surface area contributed by atoms with Crippen molar-refractivity contribution in [2.45, 2.75) is 93.2 Å². The minimum Gasteiger partial charge on any atom is -0.362 e. The first kappa shape index (κ1) is 26.5. The Morgan fingerprint density at radius 1 is 0.950 bits per heavy atom. The maximum absolute atomic E-state index is 2.81. The average molecular weight is 606 g/mol. The van der Waals surface area contributed by atoms with Crippen LogP contribution in [-0.2, 0) is 13.0 Å². The van der Waals surface area contributed by atoms with Crippen molar-refractivity contribution in [1.82, 2.24) is 4.90 Å². The van der Waals surface area contributed by atoms with Crippen molar-refractivity contribution in [2.24, 2.45) is 11.8 Å². The van der Waals surface area contributed by atoms with Crippen molar-refractivity contribution in [3.05, 3.63) is 62.7 Å². The number of thioether (sulfide) groups is 3. The molecule has 0 spiro atoms. The molecule has 40 heavy (non-hydrogen) atoms.